The maximum absolute atomic E-state index is 5.69. The zero-order valence-corrected chi connectivity index (χ0v) is 6.47. The number of aromatic amines is 1. The normalized spacial score (nSPS) is 10.6. The number of nitrogens with zero attached hydrogens (tertiary/aromatic N) is 2. The molecule has 11 heavy (non-hydrogen) atoms. The Morgan fingerprint density at radius 1 is 1.55 bits per heavy atom. The summed E-state index contributed by atoms with van der Waals surface area (Å²) in [5.74, 6) is 0.499. The van der Waals surface area contributed by atoms with Crippen molar-refractivity contribution < 1.29 is 0 Å². The first-order chi connectivity index (χ1) is 5.42. The second kappa shape index (κ2) is 2.51. The average molecular weight is 168 g/mol. The summed E-state index contributed by atoms with van der Waals surface area (Å²) >= 11 is 5.69. The molecule has 0 atom stereocenters. The molecule has 2 rings (SSSR count). The lowest BCUT2D eigenvalue weighted by Gasteiger charge is -1.93. The third kappa shape index (κ3) is 0.973. The monoisotopic (exact) mass is 167 g/mol. The van der Waals surface area contributed by atoms with E-state index in [9.17, 15) is 0 Å². The van der Waals surface area contributed by atoms with Crippen molar-refractivity contribution in [2.45, 2.75) is 5.88 Å². The van der Waals surface area contributed by atoms with Gasteiger partial charge in [-0.25, -0.2) is 4.98 Å². The fourth-order valence-electron chi connectivity index (χ4n) is 1.02. The van der Waals surface area contributed by atoms with Crippen LogP contribution in [0.4, 0.5) is 0 Å². The van der Waals surface area contributed by atoms with Gasteiger partial charge in [0.15, 0.2) is 5.65 Å². The molecular weight excluding hydrogens is 162 g/mol. The minimum absolute atomic E-state index is 0.499. The summed E-state index contributed by atoms with van der Waals surface area (Å²) in [7, 11) is 0. The van der Waals surface area contributed by atoms with Crippen LogP contribution in [0.1, 0.15) is 5.56 Å². The van der Waals surface area contributed by atoms with E-state index < -0.39 is 0 Å². The molecule has 0 amide bonds. The number of hydrogen-bond acceptors (Lipinski definition) is 2. The van der Waals surface area contributed by atoms with Gasteiger partial charge in [-0.2, -0.15) is 5.10 Å². The van der Waals surface area contributed by atoms with Crippen LogP contribution in [0.5, 0.6) is 0 Å². The Labute approximate surface area is 68.4 Å². The highest BCUT2D eigenvalue weighted by molar-refractivity contribution is 6.17. The second-order valence-corrected chi connectivity index (χ2v) is 2.50. The van der Waals surface area contributed by atoms with Gasteiger partial charge in [-0.05, 0) is 11.6 Å². The molecule has 56 valence electrons. The molecule has 2 aromatic heterocycles. The van der Waals surface area contributed by atoms with E-state index in [1.807, 2.05) is 6.07 Å². The van der Waals surface area contributed by atoms with Gasteiger partial charge < -0.3 is 0 Å². The maximum Gasteiger partial charge on any atom is 0.155 e. The van der Waals surface area contributed by atoms with Crippen molar-refractivity contribution >= 4 is 22.6 Å². The Morgan fingerprint density at radius 3 is 3.27 bits per heavy atom. The first kappa shape index (κ1) is 6.61. The topological polar surface area (TPSA) is 41.6 Å². The van der Waals surface area contributed by atoms with Gasteiger partial charge in [0.05, 0.1) is 6.20 Å². The number of pyridine rings is 1. The third-order valence-electron chi connectivity index (χ3n) is 1.59. The van der Waals surface area contributed by atoms with Crippen LogP contribution in [0.3, 0.4) is 0 Å². The van der Waals surface area contributed by atoms with Crippen molar-refractivity contribution in [2.75, 3.05) is 0 Å². The molecule has 0 aliphatic carbocycles. The fraction of sp³-hybridized carbons (Fsp3) is 0.143. The van der Waals surface area contributed by atoms with Crippen LogP contribution < -0.4 is 0 Å². The highest BCUT2D eigenvalue weighted by atomic mass is 35.5. The third-order valence-corrected chi connectivity index (χ3v) is 1.88. The van der Waals surface area contributed by atoms with E-state index in [4.69, 9.17) is 11.6 Å². The van der Waals surface area contributed by atoms with Crippen molar-refractivity contribution in [3.8, 4) is 0 Å². The first-order valence-corrected chi connectivity index (χ1v) is 3.78. The molecule has 4 heteroatoms. The number of nitrogens with one attached hydrogen (secondary N) is 1. The zero-order chi connectivity index (χ0) is 7.68. The number of halogens is 1. The molecule has 0 saturated carbocycles. The highest BCUT2D eigenvalue weighted by Gasteiger charge is 2.00. The van der Waals surface area contributed by atoms with Crippen molar-refractivity contribution in [3.05, 3.63) is 24.0 Å². The number of H-pyrrole nitrogens is 1. The summed E-state index contributed by atoms with van der Waals surface area (Å²) in [5, 5.41) is 7.64. The Morgan fingerprint density at radius 2 is 2.45 bits per heavy atom. The van der Waals surface area contributed by atoms with Crippen molar-refractivity contribution in [1.82, 2.24) is 15.2 Å². The number of aromatic nitrogens is 3. The van der Waals surface area contributed by atoms with Gasteiger partial charge in [0.1, 0.15) is 0 Å². The maximum atomic E-state index is 5.69. The van der Waals surface area contributed by atoms with Crippen LogP contribution in [0.25, 0.3) is 11.0 Å². The number of hydrogen-bond donors (Lipinski definition) is 1. The summed E-state index contributed by atoms with van der Waals surface area (Å²) in [5.41, 5.74) is 1.86. The Balaban J connectivity index is 2.79. The number of rotatable bonds is 1. The zero-order valence-electron chi connectivity index (χ0n) is 5.71. The molecule has 0 bridgehead atoms. The lowest BCUT2D eigenvalue weighted by Crippen LogP contribution is -1.81. The molecule has 0 radical (unpaired) electrons. The quantitative estimate of drug-likeness (QED) is 0.657. The standard InChI is InChI=1S/C7H6ClN3/c8-3-5-1-2-9-7-6(5)4-10-11-7/h1-2,4H,3H2,(H,9,10,11). The minimum atomic E-state index is 0.499. The van der Waals surface area contributed by atoms with Crippen LogP contribution in [-0.4, -0.2) is 15.2 Å². The van der Waals surface area contributed by atoms with Gasteiger partial charge >= 0.3 is 0 Å². The molecule has 3 nitrogen and oxygen atoms in total. The predicted octanol–water partition coefficient (Wildman–Crippen LogP) is 1.70. The molecule has 0 saturated heterocycles. The molecule has 0 aliphatic rings. The molecular formula is C7H6ClN3. The van der Waals surface area contributed by atoms with Crippen LogP contribution in [0.2, 0.25) is 0 Å². The van der Waals surface area contributed by atoms with Crippen LogP contribution in [-0.2, 0) is 5.88 Å². The molecule has 2 heterocycles. The average Bonchev–Trinajstić information content (AvgIpc) is 2.50. The molecule has 2 aromatic rings. The summed E-state index contributed by atoms with van der Waals surface area (Å²) in [6.45, 7) is 0. The van der Waals surface area contributed by atoms with Gasteiger partial charge in [-0.1, -0.05) is 0 Å². The molecule has 0 aromatic carbocycles. The van der Waals surface area contributed by atoms with E-state index >= 15 is 0 Å². The Kier molecular flexibility index (Phi) is 1.51. The number of fused-ring (bicyclic) bond motifs is 1. The molecule has 0 spiro atoms. The van der Waals surface area contributed by atoms with Crippen molar-refractivity contribution in [1.29, 1.82) is 0 Å². The lowest BCUT2D eigenvalue weighted by atomic mass is 10.2. The minimum Gasteiger partial charge on any atom is -0.261 e. The molecule has 0 aliphatic heterocycles. The SMILES string of the molecule is ClCc1ccnc2[nH]ncc12. The first-order valence-electron chi connectivity index (χ1n) is 3.25. The summed E-state index contributed by atoms with van der Waals surface area (Å²) in [4.78, 5) is 4.07. The van der Waals surface area contributed by atoms with E-state index in [2.05, 4.69) is 15.2 Å². The lowest BCUT2D eigenvalue weighted by molar-refractivity contribution is 1.10. The van der Waals surface area contributed by atoms with Gasteiger partial charge in [0.25, 0.3) is 0 Å². The second-order valence-electron chi connectivity index (χ2n) is 2.24. The molecule has 0 fully saturated rings. The van der Waals surface area contributed by atoms with Crippen molar-refractivity contribution in [2.24, 2.45) is 0 Å². The van der Waals surface area contributed by atoms with E-state index in [-0.39, 0.29) is 0 Å². The van der Waals surface area contributed by atoms with Gasteiger partial charge in [0, 0.05) is 17.5 Å². The van der Waals surface area contributed by atoms with Gasteiger partial charge in [-0.15, -0.1) is 11.6 Å². The van der Waals surface area contributed by atoms with E-state index in [0.717, 1.165) is 16.6 Å². The smallest absolute Gasteiger partial charge is 0.155 e. The fourth-order valence-corrected chi connectivity index (χ4v) is 1.25. The van der Waals surface area contributed by atoms with Crippen LogP contribution in [0.15, 0.2) is 18.5 Å². The highest BCUT2D eigenvalue weighted by Crippen LogP contribution is 2.14. The Hall–Kier alpha value is -1.09. The summed E-state index contributed by atoms with van der Waals surface area (Å²) in [6, 6.07) is 1.89. The van der Waals surface area contributed by atoms with Gasteiger partial charge in [0.2, 0.25) is 0 Å². The molecule has 1 N–H and O–H groups in total. The van der Waals surface area contributed by atoms with Crippen LogP contribution >= 0.6 is 11.6 Å². The van der Waals surface area contributed by atoms with Crippen molar-refractivity contribution in [3.63, 3.8) is 0 Å². The predicted molar refractivity (Wildman–Crippen MR) is 43.4 cm³/mol. The van der Waals surface area contributed by atoms with E-state index in [1.165, 1.54) is 0 Å². The van der Waals surface area contributed by atoms with Crippen LogP contribution in [0, 0.1) is 0 Å². The largest absolute Gasteiger partial charge is 0.261 e. The Bertz CT molecular complexity index is 368. The summed E-state index contributed by atoms with van der Waals surface area (Å²) < 4.78 is 0. The van der Waals surface area contributed by atoms with E-state index in [1.54, 1.807) is 12.4 Å². The molecule has 0 unspecified atom stereocenters. The van der Waals surface area contributed by atoms with Gasteiger partial charge in [-0.3, -0.25) is 5.10 Å². The summed E-state index contributed by atoms with van der Waals surface area (Å²) in [6.07, 6.45) is 3.46. The number of alkyl halides is 1. The van der Waals surface area contributed by atoms with E-state index in [0.29, 0.717) is 5.88 Å².